The molecule has 2 aliphatic heterocycles. The van der Waals surface area contributed by atoms with Crippen LogP contribution < -0.4 is 5.32 Å². The Morgan fingerprint density at radius 1 is 1.26 bits per heavy atom. The predicted molar refractivity (Wildman–Crippen MR) is 151 cm³/mol. The van der Waals surface area contributed by atoms with Crippen LogP contribution in [0.3, 0.4) is 0 Å². The van der Waals surface area contributed by atoms with E-state index < -0.39 is 42.7 Å². The smallest absolute Gasteiger partial charge is 0.454 e. The van der Waals surface area contributed by atoms with Crippen LogP contribution in [0.4, 0.5) is 13.6 Å². The number of halogens is 2. The molecule has 0 aliphatic carbocycles. The van der Waals surface area contributed by atoms with E-state index in [4.69, 9.17) is 9.15 Å². The van der Waals surface area contributed by atoms with Crippen molar-refractivity contribution in [3.05, 3.63) is 47.9 Å². The molecule has 2 atom stereocenters. The van der Waals surface area contributed by atoms with Crippen LogP contribution in [0.2, 0.25) is 6.32 Å². The average Bonchev–Trinajstić information content (AvgIpc) is 3.38. The second kappa shape index (κ2) is 13.2. The number of fused-ring (bicyclic) bond motifs is 1. The zero-order valence-electron chi connectivity index (χ0n) is 23.9. The molecule has 2 saturated heterocycles. The van der Waals surface area contributed by atoms with Crippen molar-refractivity contribution in [2.45, 2.75) is 75.8 Å². The number of piperidine rings is 2. The van der Waals surface area contributed by atoms with Crippen LogP contribution in [0.25, 0.3) is 10.8 Å². The first-order valence-corrected chi connectivity index (χ1v) is 14.2. The van der Waals surface area contributed by atoms with Crippen molar-refractivity contribution in [2.24, 2.45) is 0 Å². The Morgan fingerprint density at radius 2 is 1.98 bits per heavy atom. The lowest BCUT2D eigenvalue weighted by atomic mass is 9.80. The van der Waals surface area contributed by atoms with Gasteiger partial charge < -0.3 is 29.4 Å². The lowest BCUT2D eigenvalue weighted by molar-refractivity contribution is -0.131. The molecule has 226 valence electrons. The molecule has 2 fully saturated rings. The van der Waals surface area contributed by atoms with E-state index in [2.05, 4.69) is 5.32 Å². The lowest BCUT2D eigenvalue weighted by Crippen LogP contribution is -2.51. The largest absolute Gasteiger partial charge is 0.466 e. The van der Waals surface area contributed by atoms with E-state index in [-0.39, 0.29) is 44.4 Å². The Hall–Kier alpha value is -3.47. The second-order valence-corrected chi connectivity index (χ2v) is 11.5. The van der Waals surface area contributed by atoms with E-state index in [1.54, 1.807) is 26.0 Å². The molecule has 42 heavy (non-hydrogen) atoms. The molecule has 3 N–H and O–H groups in total. The minimum absolute atomic E-state index is 0.0876. The molecule has 1 aromatic heterocycles. The van der Waals surface area contributed by atoms with Crippen molar-refractivity contribution < 1.29 is 37.6 Å². The van der Waals surface area contributed by atoms with Crippen LogP contribution in [0.15, 0.2) is 46.6 Å². The first-order chi connectivity index (χ1) is 19.9. The van der Waals surface area contributed by atoms with Gasteiger partial charge in [0.15, 0.2) is 0 Å². The quantitative estimate of drug-likeness (QED) is 0.228. The molecule has 2 amide bonds. The number of nitrogens with zero attached hydrogens (tertiary/aromatic N) is 3. The third-order valence-electron chi connectivity index (χ3n) is 8.05. The topological polar surface area (TPSA) is 139 Å². The van der Waals surface area contributed by atoms with E-state index in [1.165, 1.54) is 17.2 Å². The maximum Gasteiger partial charge on any atom is 0.454 e. The fourth-order valence-corrected chi connectivity index (χ4v) is 5.68. The van der Waals surface area contributed by atoms with Crippen LogP contribution in [-0.4, -0.2) is 82.7 Å². The molecule has 13 heteroatoms. The van der Waals surface area contributed by atoms with E-state index >= 15 is 0 Å². The van der Waals surface area contributed by atoms with Gasteiger partial charge in [-0.25, -0.2) is 13.6 Å². The minimum atomic E-state index is -2.71. The average molecular weight is 586 g/mol. The third kappa shape index (κ3) is 7.67. The van der Waals surface area contributed by atoms with Crippen molar-refractivity contribution in [3.63, 3.8) is 0 Å². The molecule has 0 bridgehead atoms. The summed E-state index contributed by atoms with van der Waals surface area (Å²) in [6.07, 6.45) is 3.53. The molecule has 0 spiro atoms. The Morgan fingerprint density at radius 3 is 2.67 bits per heavy atom. The summed E-state index contributed by atoms with van der Waals surface area (Å²) in [6, 6.07) is 7.89. The number of amides is 2. The normalized spacial score (nSPS) is 20.5. The van der Waals surface area contributed by atoms with Crippen LogP contribution in [0, 0.1) is 11.3 Å². The number of alkyl carbamates (subject to hydrolysis) is 1. The number of rotatable bonds is 9. The number of hydrogen-bond acceptors (Lipinski definition) is 8. The van der Waals surface area contributed by atoms with E-state index in [0.29, 0.717) is 24.1 Å². The minimum Gasteiger partial charge on any atom is -0.466 e. The monoisotopic (exact) mass is 586 g/mol. The molecule has 2 aliphatic rings. The molecular weight excluding hydrogens is 549 g/mol. The lowest BCUT2D eigenvalue weighted by Gasteiger charge is -2.41. The Balaban J connectivity index is 1.41. The van der Waals surface area contributed by atoms with Crippen molar-refractivity contribution in [1.82, 2.24) is 15.1 Å². The molecule has 1 unspecified atom stereocenters. The number of nitriles is 1. The van der Waals surface area contributed by atoms with Crippen LogP contribution in [0.1, 0.15) is 57.8 Å². The zero-order valence-corrected chi connectivity index (χ0v) is 23.9. The molecule has 4 rings (SSSR count). The third-order valence-corrected chi connectivity index (χ3v) is 8.05. The van der Waals surface area contributed by atoms with Crippen molar-refractivity contribution in [2.75, 3.05) is 26.2 Å². The van der Waals surface area contributed by atoms with Crippen LogP contribution >= 0.6 is 0 Å². The van der Waals surface area contributed by atoms with Gasteiger partial charge in [0.05, 0.1) is 18.3 Å². The van der Waals surface area contributed by atoms with Crippen molar-refractivity contribution in [3.8, 4) is 6.07 Å². The molecule has 1 aromatic carbocycles. The van der Waals surface area contributed by atoms with Gasteiger partial charge in [0.2, 0.25) is 0 Å². The summed E-state index contributed by atoms with van der Waals surface area (Å²) < 4.78 is 38.5. The molecular formula is C29H37BF2N4O6. The number of alkyl halides is 2. The molecule has 0 radical (unpaired) electrons. The van der Waals surface area contributed by atoms with Gasteiger partial charge in [0.1, 0.15) is 24.0 Å². The van der Waals surface area contributed by atoms with Gasteiger partial charge in [0.25, 0.3) is 11.8 Å². The summed E-state index contributed by atoms with van der Waals surface area (Å²) in [7, 11) is -1.72. The van der Waals surface area contributed by atoms with Gasteiger partial charge >= 0.3 is 13.2 Å². The number of carbonyl (C=O) groups excluding carboxylic acids is 2. The molecule has 10 nitrogen and oxygen atoms in total. The maximum absolute atomic E-state index is 13.7. The summed E-state index contributed by atoms with van der Waals surface area (Å²) in [5.74, 6) is -2.85. The zero-order chi connectivity index (χ0) is 30.5. The van der Waals surface area contributed by atoms with Gasteiger partial charge in [-0.05, 0) is 39.2 Å². The highest BCUT2D eigenvalue weighted by atomic mass is 19.3. The summed E-state index contributed by atoms with van der Waals surface area (Å²) in [5.41, 5.74) is -0.878. The molecule has 3 heterocycles. The Kier molecular flexibility index (Phi) is 9.91. The Bertz CT molecular complexity index is 1330. The number of nitrogens with one attached hydrogen (secondary N) is 1. The number of carbonyl (C=O) groups is 2. The van der Waals surface area contributed by atoms with E-state index in [9.17, 15) is 33.7 Å². The fraction of sp³-hybridized carbons (Fsp3) is 0.552. The number of ether oxygens (including phenoxy) is 1. The summed E-state index contributed by atoms with van der Waals surface area (Å²) in [6.45, 7) is 4.14. The first-order valence-electron chi connectivity index (χ1n) is 14.2. The van der Waals surface area contributed by atoms with Crippen LogP contribution in [-0.2, 0) is 9.53 Å². The van der Waals surface area contributed by atoms with Gasteiger partial charge in [-0.3, -0.25) is 9.69 Å². The van der Waals surface area contributed by atoms with Crippen molar-refractivity contribution >= 4 is 29.9 Å². The summed E-state index contributed by atoms with van der Waals surface area (Å²) in [4.78, 5) is 29.7. The second-order valence-electron chi connectivity index (χ2n) is 11.5. The first kappa shape index (κ1) is 31.5. The fourth-order valence-electron chi connectivity index (χ4n) is 5.68. The summed E-state index contributed by atoms with van der Waals surface area (Å²) >= 11 is 0. The number of benzene rings is 1. The standard InChI is InChI=1S/C29H37BF2N4O6/c1-28(2,35-13-10-29(31,32)11-14-35)15-21(17-33)26(37)36-12-6-5-8-22(36)19-42-27(38)34-24(16-30(39)40)25-23-9-4-3-7-20(23)18-41-25/h3-4,7,9,15,18,22,24,39-40H,5-6,8,10-14,16,19H2,1-2H3,(H,34,38)/t22-,24?/m1/s1. The van der Waals surface area contributed by atoms with Gasteiger partial charge in [0, 0.05) is 55.1 Å². The van der Waals surface area contributed by atoms with E-state index in [0.717, 1.165) is 18.2 Å². The van der Waals surface area contributed by atoms with Gasteiger partial charge in [-0.15, -0.1) is 0 Å². The summed E-state index contributed by atoms with van der Waals surface area (Å²) in [5, 5.41) is 33.2. The predicted octanol–water partition coefficient (Wildman–Crippen LogP) is 4.01. The number of hydrogen-bond donors (Lipinski definition) is 3. The molecule has 0 saturated carbocycles. The molecule has 2 aromatic rings. The Labute approximate surface area is 244 Å². The van der Waals surface area contributed by atoms with Crippen LogP contribution in [0.5, 0.6) is 0 Å². The SMILES string of the molecule is CC(C)(C=C(C#N)C(=O)N1CCCC[C@@H]1COC(=O)NC(CB(O)O)c1occ2ccccc12)N1CCC(F)(F)CC1. The van der Waals surface area contributed by atoms with Gasteiger partial charge in [-0.1, -0.05) is 24.3 Å². The van der Waals surface area contributed by atoms with Crippen molar-refractivity contribution in [1.29, 1.82) is 5.26 Å². The highest BCUT2D eigenvalue weighted by Gasteiger charge is 2.39. The van der Waals surface area contributed by atoms with Gasteiger partial charge in [-0.2, -0.15) is 5.26 Å². The highest BCUT2D eigenvalue weighted by Crippen LogP contribution is 2.33. The number of likely N-dealkylation sites (tertiary alicyclic amines) is 2. The highest BCUT2D eigenvalue weighted by molar-refractivity contribution is 6.41. The maximum atomic E-state index is 13.7. The van der Waals surface area contributed by atoms with E-state index in [1.807, 2.05) is 23.1 Å². The number of furan rings is 1.